The molecule has 5 nitrogen and oxygen atoms in total. The monoisotopic (exact) mass is 277 g/mol. The van der Waals surface area contributed by atoms with E-state index in [1.165, 1.54) is 18.2 Å². The molecule has 0 unspecified atom stereocenters. The van der Waals surface area contributed by atoms with E-state index in [4.69, 9.17) is 11.6 Å². The summed E-state index contributed by atoms with van der Waals surface area (Å²) < 4.78 is 21.7. The third kappa shape index (κ3) is 4.62. The fourth-order valence-electron chi connectivity index (χ4n) is 1.13. The third-order valence-electron chi connectivity index (χ3n) is 1.95. The van der Waals surface area contributed by atoms with Crippen LogP contribution in [0.5, 0.6) is 5.75 Å². The van der Waals surface area contributed by atoms with E-state index in [1.807, 2.05) is 0 Å². The second-order valence-electron chi connectivity index (χ2n) is 3.55. The number of carbonyl (C=O) groups is 1. The van der Waals surface area contributed by atoms with Gasteiger partial charge in [-0.25, -0.2) is 8.42 Å². The first kappa shape index (κ1) is 13.8. The molecule has 17 heavy (non-hydrogen) atoms. The Morgan fingerprint density at radius 3 is 2.71 bits per heavy atom. The van der Waals surface area contributed by atoms with Gasteiger partial charge in [0.15, 0.2) is 0 Å². The lowest BCUT2D eigenvalue weighted by Crippen LogP contribution is -2.28. The first-order valence-electron chi connectivity index (χ1n) is 4.74. The number of aromatic hydroxyl groups is 1. The van der Waals surface area contributed by atoms with Gasteiger partial charge >= 0.3 is 0 Å². The number of nitrogens with one attached hydrogen (secondary N) is 1. The van der Waals surface area contributed by atoms with Crippen LogP contribution in [0, 0.1) is 0 Å². The van der Waals surface area contributed by atoms with E-state index in [2.05, 4.69) is 5.32 Å². The summed E-state index contributed by atoms with van der Waals surface area (Å²) in [7, 11) is -3.12. The van der Waals surface area contributed by atoms with Gasteiger partial charge in [0.25, 0.3) is 5.91 Å². The van der Waals surface area contributed by atoms with Crippen molar-refractivity contribution in [2.45, 2.75) is 0 Å². The number of halogens is 1. The van der Waals surface area contributed by atoms with Crippen molar-refractivity contribution in [2.75, 3.05) is 18.6 Å². The molecule has 0 saturated carbocycles. The molecule has 1 aromatic carbocycles. The topological polar surface area (TPSA) is 83.5 Å². The van der Waals surface area contributed by atoms with E-state index in [9.17, 15) is 18.3 Å². The molecule has 0 spiro atoms. The average molecular weight is 278 g/mol. The van der Waals surface area contributed by atoms with Crippen molar-refractivity contribution < 1.29 is 18.3 Å². The van der Waals surface area contributed by atoms with E-state index >= 15 is 0 Å². The van der Waals surface area contributed by atoms with Crippen molar-refractivity contribution in [3.63, 3.8) is 0 Å². The Morgan fingerprint density at radius 1 is 1.47 bits per heavy atom. The van der Waals surface area contributed by atoms with E-state index in [1.54, 1.807) is 0 Å². The lowest BCUT2D eigenvalue weighted by atomic mass is 10.2. The minimum absolute atomic E-state index is 0.00362. The summed E-state index contributed by atoms with van der Waals surface area (Å²) in [6, 6.07) is 3.97. The van der Waals surface area contributed by atoms with E-state index in [0.29, 0.717) is 0 Å². The number of sulfone groups is 1. The Bertz CT molecular complexity index is 527. The number of phenolic OH excluding ortho intramolecular Hbond substituents is 1. The van der Waals surface area contributed by atoms with Crippen molar-refractivity contribution in [3.8, 4) is 5.75 Å². The maximum atomic E-state index is 11.6. The molecular formula is C10H12ClNO4S. The molecule has 1 amide bonds. The van der Waals surface area contributed by atoms with Crippen LogP contribution in [0.2, 0.25) is 5.02 Å². The minimum atomic E-state index is -3.12. The highest BCUT2D eigenvalue weighted by Gasteiger charge is 2.11. The van der Waals surface area contributed by atoms with E-state index in [0.717, 1.165) is 6.26 Å². The van der Waals surface area contributed by atoms with Crippen LogP contribution in [-0.2, 0) is 9.84 Å². The molecule has 94 valence electrons. The molecule has 0 aliphatic heterocycles. The van der Waals surface area contributed by atoms with Gasteiger partial charge in [0.05, 0.1) is 16.3 Å². The van der Waals surface area contributed by atoms with Gasteiger partial charge in [0.1, 0.15) is 15.6 Å². The third-order valence-corrected chi connectivity index (χ3v) is 3.23. The summed E-state index contributed by atoms with van der Waals surface area (Å²) in [5.41, 5.74) is 0.111. The van der Waals surface area contributed by atoms with Crippen molar-refractivity contribution >= 4 is 27.3 Å². The van der Waals surface area contributed by atoms with Gasteiger partial charge in [-0.2, -0.15) is 0 Å². The molecule has 0 radical (unpaired) electrons. The number of rotatable bonds is 4. The molecule has 7 heteroatoms. The van der Waals surface area contributed by atoms with Crippen LogP contribution in [0.15, 0.2) is 18.2 Å². The fourth-order valence-corrected chi connectivity index (χ4v) is 1.81. The standard InChI is InChI=1S/C10H12ClNO4S/c1-17(15,16)5-4-12-10(14)8-6-7(13)2-3-9(8)11/h2-3,6,13H,4-5H2,1H3,(H,12,14). The number of benzene rings is 1. The van der Waals surface area contributed by atoms with Crippen LogP contribution >= 0.6 is 11.6 Å². The molecule has 0 aliphatic carbocycles. The van der Waals surface area contributed by atoms with Gasteiger partial charge in [-0.05, 0) is 18.2 Å². The Balaban J connectivity index is 2.67. The Morgan fingerprint density at radius 2 is 2.12 bits per heavy atom. The lowest BCUT2D eigenvalue weighted by Gasteiger charge is -2.06. The van der Waals surface area contributed by atoms with Gasteiger partial charge in [0, 0.05) is 12.8 Å². The maximum Gasteiger partial charge on any atom is 0.252 e. The summed E-state index contributed by atoms with van der Waals surface area (Å²) in [6.07, 6.45) is 1.08. The van der Waals surface area contributed by atoms with Crippen molar-refractivity contribution in [1.29, 1.82) is 0 Å². The van der Waals surface area contributed by atoms with Crippen molar-refractivity contribution in [2.24, 2.45) is 0 Å². The van der Waals surface area contributed by atoms with Gasteiger partial charge in [0.2, 0.25) is 0 Å². The summed E-state index contributed by atoms with van der Waals surface area (Å²) in [6.45, 7) is 0.00362. The average Bonchev–Trinajstić information content (AvgIpc) is 2.19. The molecule has 1 rings (SSSR count). The minimum Gasteiger partial charge on any atom is -0.508 e. The number of hydrogen-bond donors (Lipinski definition) is 2. The Hall–Kier alpha value is -1.27. The Labute approximate surface area is 104 Å². The van der Waals surface area contributed by atoms with Crippen LogP contribution in [0.25, 0.3) is 0 Å². The smallest absolute Gasteiger partial charge is 0.252 e. The maximum absolute atomic E-state index is 11.6. The molecule has 0 aliphatic rings. The first-order valence-corrected chi connectivity index (χ1v) is 7.18. The van der Waals surface area contributed by atoms with Gasteiger partial charge in [-0.1, -0.05) is 11.6 Å². The van der Waals surface area contributed by atoms with Crippen LogP contribution in [-0.4, -0.2) is 38.0 Å². The molecule has 0 heterocycles. The number of phenols is 1. The summed E-state index contributed by atoms with van der Waals surface area (Å²) in [5, 5.41) is 11.8. The molecule has 1 aromatic rings. The first-order chi connectivity index (χ1) is 7.79. The second kappa shape index (κ2) is 5.37. The predicted molar refractivity (Wildman–Crippen MR) is 65.2 cm³/mol. The molecule has 0 atom stereocenters. The summed E-state index contributed by atoms with van der Waals surface area (Å²) >= 11 is 5.77. The summed E-state index contributed by atoms with van der Waals surface area (Å²) in [4.78, 5) is 11.6. The van der Waals surface area contributed by atoms with Crippen molar-refractivity contribution in [1.82, 2.24) is 5.32 Å². The van der Waals surface area contributed by atoms with Crippen LogP contribution in [0.4, 0.5) is 0 Å². The predicted octanol–water partition coefficient (Wildman–Crippen LogP) is 0.820. The fraction of sp³-hybridized carbons (Fsp3) is 0.300. The number of amides is 1. The zero-order valence-electron chi connectivity index (χ0n) is 9.10. The molecule has 2 N–H and O–H groups in total. The molecule has 0 bridgehead atoms. The van der Waals surface area contributed by atoms with Crippen molar-refractivity contribution in [3.05, 3.63) is 28.8 Å². The SMILES string of the molecule is CS(=O)(=O)CCNC(=O)c1cc(O)ccc1Cl. The Kier molecular flexibility index (Phi) is 4.36. The zero-order valence-corrected chi connectivity index (χ0v) is 10.7. The van der Waals surface area contributed by atoms with E-state index < -0.39 is 15.7 Å². The van der Waals surface area contributed by atoms with Crippen LogP contribution < -0.4 is 5.32 Å². The van der Waals surface area contributed by atoms with Crippen LogP contribution in [0.3, 0.4) is 0 Å². The quantitative estimate of drug-likeness (QED) is 0.853. The highest BCUT2D eigenvalue weighted by molar-refractivity contribution is 7.90. The highest BCUT2D eigenvalue weighted by atomic mass is 35.5. The van der Waals surface area contributed by atoms with Gasteiger partial charge < -0.3 is 10.4 Å². The summed E-state index contributed by atoms with van der Waals surface area (Å²) in [5.74, 6) is -0.743. The van der Waals surface area contributed by atoms with E-state index in [-0.39, 0.29) is 28.6 Å². The normalized spacial score (nSPS) is 11.2. The molecule has 0 aromatic heterocycles. The van der Waals surface area contributed by atoms with Crippen LogP contribution in [0.1, 0.15) is 10.4 Å². The largest absolute Gasteiger partial charge is 0.508 e. The number of hydrogen-bond acceptors (Lipinski definition) is 4. The van der Waals surface area contributed by atoms with Gasteiger partial charge in [-0.3, -0.25) is 4.79 Å². The highest BCUT2D eigenvalue weighted by Crippen LogP contribution is 2.20. The van der Waals surface area contributed by atoms with Gasteiger partial charge in [-0.15, -0.1) is 0 Å². The number of carbonyl (C=O) groups excluding carboxylic acids is 1. The lowest BCUT2D eigenvalue weighted by molar-refractivity contribution is 0.0956. The second-order valence-corrected chi connectivity index (χ2v) is 6.22. The molecule has 0 saturated heterocycles. The zero-order chi connectivity index (χ0) is 13.1. The molecule has 0 fully saturated rings. The molecular weight excluding hydrogens is 266 g/mol.